The number of nitrogens with zero attached hydrogens (tertiary/aromatic N) is 1. The number of phenolic OH excluding ortho intramolecular Hbond substituents is 1. The molecule has 48 heavy (non-hydrogen) atoms. The predicted molar refractivity (Wildman–Crippen MR) is 174 cm³/mol. The number of benzene rings is 3. The highest BCUT2D eigenvalue weighted by molar-refractivity contribution is 7.89. The lowest BCUT2D eigenvalue weighted by atomic mass is 9.83. The number of carbonyl (C=O) groups is 2. The van der Waals surface area contributed by atoms with Crippen LogP contribution in [0.15, 0.2) is 78.9 Å². The number of aliphatic carboxylic acids is 1. The van der Waals surface area contributed by atoms with Crippen LogP contribution in [0.1, 0.15) is 61.6 Å². The van der Waals surface area contributed by atoms with Gasteiger partial charge in [0.15, 0.2) is 0 Å². The number of anilines is 1. The Balaban J connectivity index is 1.39. The van der Waals surface area contributed by atoms with Gasteiger partial charge in [-0.15, -0.1) is 0 Å². The second-order valence-corrected chi connectivity index (χ2v) is 14.2. The molecule has 2 bridgehead atoms. The molecule has 0 spiro atoms. The van der Waals surface area contributed by atoms with Gasteiger partial charge < -0.3 is 20.3 Å². The fourth-order valence-corrected chi connectivity index (χ4v) is 8.26. The van der Waals surface area contributed by atoms with Crippen molar-refractivity contribution in [3.63, 3.8) is 0 Å². The van der Waals surface area contributed by atoms with Crippen molar-refractivity contribution < 1.29 is 46.1 Å². The highest BCUT2D eigenvalue weighted by Gasteiger charge is 2.55. The summed E-state index contributed by atoms with van der Waals surface area (Å²) in [4.78, 5) is 23.1. The summed E-state index contributed by atoms with van der Waals surface area (Å²) < 4.78 is 76.0. The number of phenols is 1. The monoisotopic (exact) mass is 686 g/mol. The van der Waals surface area contributed by atoms with E-state index in [2.05, 4.69) is 5.32 Å². The number of nitrogens with one attached hydrogen (secondary N) is 1. The molecule has 3 aromatic carbocycles. The second kappa shape index (κ2) is 14.9. The molecule has 3 unspecified atom stereocenters. The summed E-state index contributed by atoms with van der Waals surface area (Å²) in [6, 6.07) is 21.2. The molecule has 1 fully saturated rings. The lowest BCUT2D eigenvalue weighted by molar-refractivity contribution is -0.138. The van der Waals surface area contributed by atoms with E-state index in [9.17, 15) is 36.3 Å². The molecule has 3 aromatic rings. The van der Waals surface area contributed by atoms with Gasteiger partial charge in [0.25, 0.3) is 0 Å². The number of ether oxygens (including phenoxy) is 1. The molecule has 0 aromatic heterocycles. The first kappa shape index (κ1) is 35.1. The number of unbranched alkanes of at least 4 members (excludes halogenated alkanes) is 3. The van der Waals surface area contributed by atoms with Crippen molar-refractivity contribution in [1.82, 2.24) is 4.31 Å². The van der Waals surface area contributed by atoms with Gasteiger partial charge in [0.05, 0.1) is 6.10 Å². The number of hydrogen-bond donors (Lipinski definition) is 3. The summed E-state index contributed by atoms with van der Waals surface area (Å²) >= 11 is 0. The number of aromatic hydroxyl groups is 1. The molecular formula is C35H37F3N2O7S. The number of carboxylic acids is 1. The normalized spacial score (nSPS) is 19.2. The Morgan fingerprint density at radius 2 is 1.46 bits per heavy atom. The third-order valence-electron chi connectivity index (χ3n) is 8.49. The maximum atomic E-state index is 14.0. The smallest absolute Gasteiger partial charge is 0.402 e. The Kier molecular flexibility index (Phi) is 10.9. The molecule has 3 atom stereocenters. The van der Waals surface area contributed by atoms with Crippen LogP contribution in [-0.2, 0) is 30.9 Å². The topological polar surface area (TPSA) is 133 Å². The zero-order valence-corrected chi connectivity index (χ0v) is 26.8. The summed E-state index contributed by atoms with van der Waals surface area (Å²) in [6.45, 7) is -2.09. The van der Waals surface area contributed by atoms with Crippen LogP contribution in [0.3, 0.4) is 0 Å². The van der Waals surface area contributed by atoms with Gasteiger partial charge in [-0.25, -0.2) is 8.42 Å². The first-order valence-corrected chi connectivity index (χ1v) is 17.2. The molecule has 3 N–H and O–H groups in total. The quantitative estimate of drug-likeness (QED) is 0.154. The van der Waals surface area contributed by atoms with Crippen molar-refractivity contribution in [2.45, 2.75) is 75.1 Å². The third kappa shape index (κ3) is 8.63. The Hall–Kier alpha value is -4.20. The standard InChI is InChI=1S/C35H37F3N2O7S/c36-35(37,38)22-40(21-23-8-4-3-5-9-23)48(45,46)29-20-28-32(24-14-18-27(41)19-15-24)33(34(29)47-28)25-12-16-26(17-13-25)39-30(42)10-6-1-2-7-11-31(43)44/h3-5,8-9,12-19,28-29,34,41H,1-2,6-7,10-11,20-22H2,(H,39,42)(H,43,44). The largest absolute Gasteiger partial charge is 0.508 e. The summed E-state index contributed by atoms with van der Waals surface area (Å²) in [5.74, 6) is -1.01. The van der Waals surface area contributed by atoms with Gasteiger partial charge in [0.1, 0.15) is 23.6 Å². The maximum Gasteiger partial charge on any atom is 0.402 e. The van der Waals surface area contributed by atoms with Crippen LogP contribution in [0.25, 0.3) is 11.1 Å². The predicted octanol–water partition coefficient (Wildman–Crippen LogP) is 6.60. The zero-order valence-electron chi connectivity index (χ0n) is 26.0. The Morgan fingerprint density at radius 1 is 0.854 bits per heavy atom. The number of halogens is 3. The Bertz CT molecular complexity index is 1730. The number of fused-ring (bicyclic) bond motifs is 2. The summed E-state index contributed by atoms with van der Waals surface area (Å²) in [6.07, 6.45) is -3.61. The Labute approximate surface area is 277 Å². The van der Waals surface area contributed by atoms with Crippen LogP contribution >= 0.6 is 0 Å². The summed E-state index contributed by atoms with van der Waals surface area (Å²) in [5, 5.41) is 20.2. The molecule has 256 valence electrons. The van der Waals surface area contributed by atoms with Gasteiger partial charge in [0, 0.05) is 25.1 Å². The SMILES string of the molecule is O=C(O)CCCCCCC(=O)Nc1ccc(C2=C(c3ccc(O)cc3)C3CC(S(=O)(=O)N(Cc4ccccc4)CC(F)(F)F)C2O3)cc1. The lowest BCUT2D eigenvalue weighted by Gasteiger charge is -2.31. The molecule has 0 aliphatic carbocycles. The number of carboxylic acid groups (broad SMARTS) is 1. The summed E-state index contributed by atoms with van der Waals surface area (Å²) in [7, 11) is -4.53. The zero-order chi connectivity index (χ0) is 34.5. The number of rotatable bonds is 15. The number of alkyl halides is 3. The molecule has 2 heterocycles. The minimum Gasteiger partial charge on any atom is -0.508 e. The molecule has 2 aliphatic rings. The molecule has 1 amide bonds. The molecule has 2 aliphatic heterocycles. The fourth-order valence-electron chi connectivity index (χ4n) is 6.29. The van der Waals surface area contributed by atoms with Crippen LogP contribution in [0, 0.1) is 0 Å². The molecule has 9 nitrogen and oxygen atoms in total. The fraction of sp³-hybridized carbons (Fsp3) is 0.371. The average Bonchev–Trinajstić information content (AvgIpc) is 3.63. The molecule has 1 saturated heterocycles. The van der Waals surface area contributed by atoms with Crippen molar-refractivity contribution in [2.75, 3.05) is 11.9 Å². The van der Waals surface area contributed by atoms with Gasteiger partial charge in [-0.2, -0.15) is 17.5 Å². The number of carbonyl (C=O) groups excluding carboxylic acids is 1. The van der Waals surface area contributed by atoms with Crippen molar-refractivity contribution in [3.8, 4) is 5.75 Å². The molecule has 5 rings (SSSR count). The minimum absolute atomic E-state index is 0.0366. The molecule has 0 radical (unpaired) electrons. The average molecular weight is 687 g/mol. The number of sulfonamides is 1. The van der Waals surface area contributed by atoms with Crippen LogP contribution in [0.4, 0.5) is 18.9 Å². The van der Waals surface area contributed by atoms with E-state index in [1.165, 1.54) is 12.1 Å². The van der Waals surface area contributed by atoms with Gasteiger partial charge in [-0.05, 0) is 71.4 Å². The van der Waals surface area contributed by atoms with Gasteiger partial charge in [-0.3, -0.25) is 9.59 Å². The van der Waals surface area contributed by atoms with E-state index in [1.54, 1.807) is 66.7 Å². The third-order valence-corrected chi connectivity index (χ3v) is 10.7. The first-order valence-electron chi connectivity index (χ1n) is 15.7. The van der Waals surface area contributed by atoms with Crippen LogP contribution in [0.5, 0.6) is 5.75 Å². The lowest BCUT2D eigenvalue weighted by Crippen LogP contribution is -2.46. The number of hydrogen-bond acceptors (Lipinski definition) is 6. The molecule has 0 saturated carbocycles. The maximum absolute atomic E-state index is 14.0. The summed E-state index contributed by atoms with van der Waals surface area (Å²) in [5.41, 5.74) is 3.42. The van der Waals surface area contributed by atoms with Gasteiger partial charge >= 0.3 is 12.1 Å². The Morgan fingerprint density at radius 3 is 2.08 bits per heavy atom. The van der Waals surface area contributed by atoms with E-state index in [1.807, 2.05) is 0 Å². The van der Waals surface area contributed by atoms with Crippen molar-refractivity contribution in [3.05, 3.63) is 95.6 Å². The first-order chi connectivity index (χ1) is 22.8. The minimum atomic E-state index is -4.77. The van der Waals surface area contributed by atoms with E-state index in [0.717, 1.165) is 6.42 Å². The second-order valence-electron chi connectivity index (χ2n) is 12.0. The highest BCUT2D eigenvalue weighted by Crippen LogP contribution is 2.51. The van der Waals surface area contributed by atoms with Crippen molar-refractivity contribution in [1.29, 1.82) is 0 Å². The van der Waals surface area contributed by atoms with Crippen molar-refractivity contribution >= 4 is 38.7 Å². The van der Waals surface area contributed by atoms with E-state index in [-0.39, 0.29) is 30.9 Å². The van der Waals surface area contributed by atoms with Gasteiger partial charge in [0.2, 0.25) is 15.9 Å². The van der Waals surface area contributed by atoms with E-state index in [0.29, 0.717) is 57.1 Å². The van der Waals surface area contributed by atoms with Crippen molar-refractivity contribution in [2.24, 2.45) is 0 Å². The van der Waals surface area contributed by atoms with Gasteiger partial charge in [-0.1, -0.05) is 67.4 Å². The van der Waals surface area contributed by atoms with E-state index >= 15 is 0 Å². The number of amides is 1. The van der Waals surface area contributed by atoms with E-state index < -0.39 is 52.7 Å². The van der Waals surface area contributed by atoms with Crippen LogP contribution in [-0.4, -0.2) is 65.0 Å². The highest BCUT2D eigenvalue weighted by atomic mass is 32.2. The van der Waals surface area contributed by atoms with Crippen LogP contribution < -0.4 is 5.32 Å². The molecular weight excluding hydrogens is 649 g/mol. The van der Waals surface area contributed by atoms with E-state index in [4.69, 9.17) is 9.84 Å². The van der Waals surface area contributed by atoms with Crippen LogP contribution in [0.2, 0.25) is 0 Å². The molecule has 13 heteroatoms.